The number of ether oxygens (including phenoxy) is 2. The number of hydrogen-bond donors (Lipinski definition) is 3. The van der Waals surface area contributed by atoms with Crippen LogP contribution in [0.25, 0.3) is 5.69 Å². The molecule has 0 amide bonds. The molecule has 0 aliphatic carbocycles. The summed E-state index contributed by atoms with van der Waals surface area (Å²) in [5.41, 5.74) is 3.49. The molecule has 3 N–H and O–H groups in total. The molecule has 0 spiro atoms. The number of anilines is 2. The van der Waals surface area contributed by atoms with E-state index in [9.17, 15) is 5.11 Å². The highest BCUT2D eigenvalue weighted by Gasteiger charge is 2.13. The van der Waals surface area contributed by atoms with E-state index < -0.39 is 0 Å². The third kappa shape index (κ3) is 5.48. The molecule has 0 saturated carbocycles. The van der Waals surface area contributed by atoms with E-state index >= 15 is 0 Å². The summed E-state index contributed by atoms with van der Waals surface area (Å²) >= 11 is 0. The lowest BCUT2D eigenvalue weighted by atomic mass is 10.1. The van der Waals surface area contributed by atoms with Crippen LogP contribution in [0.2, 0.25) is 0 Å². The molecule has 2 aromatic carbocycles. The molecule has 0 bridgehead atoms. The average Bonchev–Trinajstić information content (AvgIpc) is 3.30. The van der Waals surface area contributed by atoms with E-state index in [1.807, 2.05) is 66.2 Å². The second kappa shape index (κ2) is 10.7. The van der Waals surface area contributed by atoms with Gasteiger partial charge >= 0.3 is 6.01 Å². The van der Waals surface area contributed by atoms with Gasteiger partial charge in [0.2, 0.25) is 5.95 Å². The topological polar surface area (TPSA) is 119 Å². The van der Waals surface area contributed by atoms with Gasteiger partial charge in [-0.25, -0.2) is 4.98 Å². The van der Waals surface area contributed by atoms with Crippen LogP contribution in [0.3, 0.4) is 0 Å². The standard InChI is InChI=1S/C24H27N7O3/c1-16-13-31(15-26-16)20-10-9-18(11-21(20)33-2)27-23-28-22(29-24(30-23)34-3)12-25-19(14-32)17-7-5-4-6-8-17/h4-11,13,15,19,25,32H,12,14H2,1-3H3,(H,27,28,29,30)/t19-/m1/s1. The first-order valence-electron chi connectivity index (χ1n) is 10.7. The zero-order valence-corrected chi connectivity index (χ0v) is 19.3. The first kappa shape index (κ1) is 23.1. The SMILES string of the molecule is COc1nc(CN[C@H](CO)c2ccccc2)nc(Nc2ccc(-n3cnc(C)c3)c(OC)c2)n1. The third-order valence-electron chi connectivity index (χ3n) is 5.16. The fourth-order valence-electron chi connectivity index (χ4n) is 3.46. The smallest absolute Gasteiger partial charge is 0.321 e. The predicted octanol–water partition coefficient (Wildman–Crippen LogP) is 2.95. The minimum atomic E-state index is -0.246. The highest BCUT2D eigenvalue weighted by molar-refractivity contribution is 5.62. The number of aryl methyl sites for hydroxylation is 1. The van der Waals surface area contributed by atoms with Gasteiger partial charge in [0, 0.05) is 18.0 Å². The quantitative estimate of drug-likeness (QED) is 0.327. The Labute approximate surface area is 197 Å². The van der Waals surface area contributed by atoms with E-state index in [0.717, 1.165) is 22.6 Å². The van der Waals surface area contributed by atoms with Gasteiger partial charge in [-0.3, -0.25) is 0 Å². The number of methoxy groups -OCH3 is 2. The maximum absolute atomic E-state index is 9.79. The molecule has 1 atom stereocenters. The summed E-state index contributed by atoms with van der Waals surface area (Å²) < 4.78 is 12.7. The van der Waals surface area contributed by atoms with Gasteiger partial charge < -0.3 is 29.8 Å². The predicted molar refractivity (Wildman–Crippen MR) is 128 cm³/mol. The Kier molecular flexibility index (Phi) is 7.31. The first-order chi connectivity index (χ1) is 16.6. The van der Waals surface area contributed by atoms with Gasteiger partial charge in [-0.05, 0) is 24.6 Å². The van der Waals surface area contributed by atoms with E-state index in [0.29, 0.717) is 24.1 Å². The van der Waals surface area contributed by atoms with E-state index in [1.54, 1.807) is 13.4 Å². The number of nitrogens with one attached hydrogen (secondary N) is 2. The Morgan fingerprint density at radius 2 is 1.85 bits per heavy atom. The molecule has 34 heavy (non-hydrogen) atoms. The molecule has 0 unspecified atom stereocenters. The van der Waals surface area contributed by atoms with E-state index in [1.165, 1.54) is 7.11 Å². The van der Waals surface area contributed by atoms with Crippen molar-refractivity contribution in [1.29, 1.82) is 0 Å². The zero-order valence-electron chi connectivity index (χ0n) is 19.3. The summed E-state index contributed by atoms with van der Waals surface area (Å²) in [5, 5.41) is 16.3. The Morgan fingerprint density at radius 3 is 2.53 bits per heavy atom. The molecule has 10 heteroatoms. The number of aliphatic hydroxyl groups is 1. The van der Waals surface area contributed by atoms with E-state index in [2.05, 4.69) is 30.6 Å². The summed E-state index contributed by atoms with van der Waals surface area (Å²) in [4.78, 5) is 17.4. The summed E-state index contributed by atoms with van der Waals surface area (Å²) in [6, 6.07) is 15.3. The summed E-state index contributed by atoms with van der Waals surface area (Å²) in [7, 11) is 3.12. The zero-order chi connectivity index (χ0) is 23.9. The van der Waals surface area contributed by atoms with Crippen molar-refractivity contribution in [2.75, 3.05) is 26.1 Å². The molecule has 0 radical (unpaired) electrons. The highest BCUT2D eigenvalue weighted by Crippen LogP contribution is 2.28. The van der Waals surface area contributed by atoms with Crippen LogP contribution in [-0.4, -0.2) is 50.4 Å². The minimum Gasteiger partial charge on any atom is -0.494 e. The molecule has 4 aromatic rings. The molecule has 0 saturated heterocycles. The summed E-state index contributed by atoms with van der Waals surface area (Å²) in [5.74, 6) is 1.47. The number of aromatic nitrogens is 5. The highest BCUT2D eigenvalue weighted by atomic mass is 16.5. The number of imidazole rings is 1. The van der Waals surface area contributed by atoms with Crippen molar-refractivity contribution in [2.24, 2.45) is 0 Å². The molecule has 2 heterocycles. The molecule has 2 aromatic heterocycles. The molecule has 4 rings (SSSR count). The molecule has 10 nitrogen and oxygen atoms in total. The van der Waals surface area contributed by atoms with Gasteiger partial charge in [0.1, 0.15) is 5.75 Å². The molecule has 176 valence electrons. The van der Waals surface area contributed by atoms with Crippen LogP contribution in [0.15, 0.2) is 61.1 Å². The number of aliphatic hydroxyl groups excluding tert-OH is 1. The lowest BCUT2D eigenvalue weighted by Crippen LogP contribution is -2.25. The van der Waals surface area contributed by atoms with Gasteiger partial charge in [0.25, 0.3) is 0 Å². The summed E-state index contributed by atoms with van der Waals surface area (Å²) in [6.07, 6.45) is 3.67. The fraction of sp³-hybridized carbons (Fsp3) is 0.250. The maximum Gasteiger partial charge on any atom is 0.321 e. The monoisotopic (exact) mass is 461 g/mol. The second-order valence-corrected chi connectivity index (χ2v) is 7.52. The largest absolute Gasteiger partial charge is 0.494 e. The van der Waals surface area contributed by atoms with Crippen molar-refractivity contribution < 1.29 is 14.6 Å². The summed E-state index contributed by atoms with van der Waals surface area (Å²) in [6.45, 7) is 2.19. The molecular formula is C24H27N7O3. The van der Waals surface area contributed by atoms with Crippen LogP contribution in [0.1, 0.15) is 23.1 Å². The molecular weight excluding hydrogens is 434 g/mol. The number of hydrogen-bond acceptors (Lipinski definition) is 9. The number of rotatable bonds is 10. The van der Waals surface area contributed by atoms with Crippen LogP contribution in [0.4, 0.5) is 11.6 Å². The van der Waals surface area contributed by atoms with Gasteiger partial charge in [0.15, 0.2) is 5.82 Å². The Morgan fingerprint density at radius 1 is 1.03 bits per heavy atom. The van der Waals surface area contributed by atoms with E-state index in [4.69, 9.17) is 9.47 Å². The van der Waals surface area contributed by atoms with Crippen molar-refractivity contribution in [3.8, 4) is 17.4 Å². The van der Waals surface area contributed by atoms with Crippen molar-refractivity contribution in [3.05, 3.63) is 78.1 Å². The van der Waals surface area contributed by atoms with Gasteiger partial charge in [-0.1, -0.05) is 30.3 Å². The minimum absolute atomic E-state index is 0.0556. The molecule has 0 aliphatic heterocycles. The number of nitrogens with zero attached hydrogens (tertiary/aromatic N) is 5. The van der Waals surface area contributed by atoms with Gasteiger partial charge in [-0.15, -0.1) is 0 Å². The lowest BCUT2D eigenvalue weighted by Gasteiger charge is -2.16. The third-order valence-corrected chi connectivity index (χ3v) is 5.16. The second-order valence-electron chi connectivity index (χ2n) is 7.52. The Balaban J connectivity index is 1.52. The van der Waals surface area contributed by atoms with Crippen LogP contribution < -0.4 is 20.1 Å². The van der Waals surface area contributed by atoms with Crippen LogP contribution >= 0.6 is 0 Å². The van der Waals surface area contributed by atoms with Crippen molar-refractivity contribution in [1.82, 2.24) is 29.8 Å². The normalized spacial score (nSPS) is 11.8. The van der Waals surface area contributed by atoms with Crippen LogP contribution in [0, 0.1) is 6.92 Å². The molecule has 0 aliphatic rings. The first-order valence-corrected chi connectivity index (χ1v) is 10.7. The average molecular weight is 462 g/mol. The maximum atomic E-state index is 9.79. The Bertz CT molecular complexity index is 1230. The van der Waals surface area contributed by atoms with Crippen molar-refractivity contribution >= 4 is 11.6 Å². The van der Waals surface area contributed by atoms with Gasteiger partial charge in [-0.2, -0.15) is 15.0 Å². The van der Waals surface area contributed by atoms with Crippen LogP contribution in [-0.2, 0) is 6.54 Å². The van der Waals surface area contributed by atoms with Gasteiger partial charge in [0.05, 0.1) is 51.1 Å². The Hall–Kier alpha value is -4.02. The fourth-order valence-corrected chi connectivity index (χ4v) is 3.46. The molecule has 0 fully saturated rings. The van der Waals surface area contributed by atoms with E-state index in [-0.39, 0.29) is 18.7 Å². The lowest BCUT2D eigenvalue weighted by molar-refractivity contribution is 0.242. The van der Waals surface area contributed by atoms with Crippen LogP contribution in [0.5, 0.6) is 11.8 Å². The number of benzene rings is 2. The van der Waals surface area contributed by atoms with Crippen molar-refractivity contribution in [2.45, 2.75) is 19.5 Å². The van der Waals surface area contributed by atoms with Crippen molar-refractivity contribution in [3.63, 3.8) is 0 Å².